The fourth-order valence-corrected chi connectivity index (χ4v) is 0.648. The lowest BCUT2D eigenvalue weighted by molar-refractivity contribution is -0.128. The monoisotopic (exact) mass is 158 g/mol. The van der Waals surface area contributed by atoms with Gasteiger partial charge in [-0.1, -0.05) is 6.58 Å². The van der Waals surface area contributed by atoms with Gasteiger partial charge in [-0.2, -0.15) is 0 Å². The van der Waals surface area contributed by atoms with Crippen molar-refractivity contribution in [2.75, 3.05) is 27.2 Å². The van der Waals surface area contributed by atoms with Crippen LogP contribution in [-0.4, -0.2) is 43.1 Å². The van der Waals surface area contributed by atoms with Crippen LogP contribution in [-0.2, 0) is 4.79 Å². The van der Waals surface area contributed by atoms with Crippen LogP contribution in [0.2, 0.25) is 0 Å². The minimum atomic E-state index is -0.0669. The van der Waals surface area contributed by atoms with E-state index in [4.69, 9.17) is 5.11 Å². The van der Waals surface area contributed by atoms with E-state index in [1.807, 2.05) is 0 Å². The van der Waals surface area contributed by atoms with Gasteiger partial charge in [-0.25, -0.2) is 0 Å². The number of hydrogen-bond acceptors (Lipinski definition) is 3. The van der Waals surface area contributed by atoms with Crippen LogP contribution in [0.15, 0.2) is 12.3 Å². The van der Waals surface area contributed by atoms with E-state index in [0.717, 1.165) is 0 Å². The maximum Gasteiger partial charge on any atom is 0.236 e. The zero-order valence-corrected chi connectivity index (χ0v) is 6.92. The zero-order valence-electron chi connectivity index (χ0n) is 6.92. The summed E-state index contributed by atoms with van der Waals surface area (Å²) in [4.78, 5) is 12.4. The quantitative estimate of drug-likeness (QED) is 0.554. The van der Waals surface area contributed by atoms with Crippen LogP contribution in [0.25, 0.3) is 0 Å². The van der Waals surface area contributed by atoms with Crippen molar-refractivity contribution in [1.82, 2.24) is 10.2 Å². The zero-order chi connectivity index (χ0) is 8.85. The molecule has 4 heteroatoms. The molecule has 0 heterocycles. The predicted molar refractivity (Wildman–Crippen MR) is 43.3 cm³/mol. The van der Waals surface area contributed by atoms with E-state index >= 15 is 0 Å². The Labute approximate surface area is 66.5 Å². The van der Waals surface area contributed by atoms with E-state index in [2.05, 4.69) is 11.9 Å². The highest BCUT2D eigenvalue weighted by Gasteiger charge is 2.06. The first-order valence-corrected chi connectivity index (χ1v) is 3.33. The van der Waals surface area contributed by atoms with Gasteiger partial charge in [-0.3, -0.25) is 4.79 Å². The molecule has 0 radical (unpaired) electrons. The van der Waals surface area contributed by atoms with Crippen molar-refractivity contribution in [3.8, 4) is 0 Å². The van der Waals surface area contributed by atoms with Gasteiger partial charge in [-0.05, 0) is 7.05 Å². The second kappa shape index (κ2) is 4.73. The molecule has 0 unspecified atom stereocenters. The number of rotatable bonds is 4. The SMILES string of the molecule is C=C(O)CN(C)C(=O)CNC. The number of hydrogen-bond donors (Lipinski definition) is 2. The normalized spacial score (nSPS) is 9.27. The molecule has 2 N–H and O–H groups in total. The van der Waals surface area contributed by atoms with E-state index in [-0.39, 0.29) is 24.8 Å². The van der Waals surface area contributed by atoms with Crippen molar-refractivity contribution < 1.29 is 9.90 Å². The largest absolute Gasteiger partial charge is 0.511 e. The summed E-state index contributed by atoms with van der Waals surface area (Å²) >= 11 is 0. The first-order chi connectivity index (χ1) is 5.07. The Hall–Kier alpha value is -1.03. The van der Waals surface area contributed by atoms with Crippen LogP contribution in [0.1, 0.15) is 0 Å². The van der Waals surface area contributed by atoms with Gasteiger partial charge in [0.05, 0.1) is 13.1 Å². The average Bonchev–Trinajstić information content (AvgIpc) is 1.86. The van der Waals surface area contributed by atoms with E-state index in [1.54, 1.807) is 14.1 Å². The number of nitrogens with zero attached hydrogens (tertiary/aromatic N) is 1. The molecule has 64 valence electrons. The van der Waals surface area contributed by atoms with Gasteiger partial charge in [-0.15, -0.1) is 0 Å². The highest BCUT2D eigenvalue weighted by atomic mass is 16.3. The molecule has 0 atom stereocenters. The molecule has 0 rings (SSSR count). The summed E-state index contributed by atoms with van der Waals surface area (Å²) in [5, 5.41) is 11.5. The van der Waals surface area contributed by atoms with Gasteiger partial charge >= 0.3 is 0 Å². The number of likely N-dealkylation sites (N-methyl/N-ethyl adjacent to an activating group) is 2. The summed E-state index contributed by atoms with van der Waals surface area (Å²) in [6.07, 6.45) is 0. The molecular weight excluding hydrogens is 144 g/mol. The molecule has 0 aliphatic carbocycles. The molecule has 0 saturated carbocycles. The lowest BCUT2D eigenvalue weighted by atomic mass is 10.4. The predicted octanol–water partition coefficient (Wildman–Crippen LogP) is -0.264. The van der Waals surface area contributed by atoms with Gasteiger partial charge in [0.25, 0.3) is 0 Å². The Balaban J connectivity index is 3.73. The topological polar surface area (TPSA) is 52.6 Å². The average molecular weight is 158 g/mol. The molecular formula is C7H14N2O2. The van der Waals surface area contributed by atoms with Crippen molar-refractivity contribution in [2.24, 2.45) is 0 Å². The number of nitrogens with one attached hydrogen (secondary N) is 1. The number of carbonyl (C=O) groups is 1. The second-order valence-corrected chi connectivity index (χ2v) is 2.35. The molecule has 11 heavy (non-hydrogen) atoms. The first-order valence-electron chi connectivity index (χ1n) is 3.33. The van der Waals surface area contributed by atoms with E-state index < -0.39 is 0 Å². The third kappa shape index (κ3) is 4.38. The van der Waals surface area contributed by atoms with Crippen molar-refractivity contribution in [3.63, 3.8) is 0 Å². The number of amides is 1. The Morgan fingerprint density at radius 2 is 2.27 bits per heavy atom. The molecule has 1 amide bonds. The van der Waals surface area contributed by atoms with Crippen LogP contribution in [0.4, 0.5) is 0 Å². The Morgan fingerprint density at radius 3 is 2.64 bits per heavy atom. The van der Waals surface area contributed by atoms with Gasteiger partial charge in [0.15, 0.2) is 0 Å². The number of aliphatic hydroxyl groups excluding tert-OH is 1. The molecule has 0 bridgehead atoms. The molecule has 0 aliphatic rings. The number of carbonyl (C=O) groups excluding carboxylic acids is 1. The van der Waals surface area contributed by atoms with Crippen molar-refractivity contribution in [3.05, 3.63) is 12.3 Å². The molecule has 0 saturated heterocycles. The van der Waals surface area contributed by atoms with Crippen molar-refractivity contribution in [2.45, 2.75) is 0 Å². The second-order valence-electron chi connectivity index (χ2n) is 2.35. The standard InChI is InChI=1S/C7H14N2O2/c1-6(10)5-9(3)7(11)4-8-2/h8,10H,1,4-5H2,2-3H3. The minimum absolute atomic E-state index is 0.00282. The summed E-state index contributed by atoms with van der Waals surface area (Å²) in [5.41, 5.74) is 0. The first kappa shape index (κ1) is 9.97. The lowest BCUT2D eigenvalue weighted by Crippen LogP contribution is -2.35. The minimum Gasteiger partial charge on any atom is -0.511 e. The molecule has 4 nitrogen and oxygen atoms in total. The molecule has 0 aromatic rings. The van der Waals surface area contributed by atoms with Crippen LogP contribution in [0.3, 0.4) is 0 Å². The summed E-state index contributed by atoms with van der Waals surface area (Å²) < 4.78 is 0. The van der Waals surface area contributed by atoms with Gasteiger partial charge < -0.3 is 15.3 Å². The van der Waals surface area contributed by atoms with Gasteiger partial charge in [0, 0.05) is 7.05 Å². The van der Waals surface area contributed by atoms with Crippen molar-refractivity contribution in [1.29, 1.82) is 0 Å². The third-order valence-corrected chi connectivity index (χ3v) is 1.17. The van der Waals surface area contributed by atoms with Gasteiger partial charge in [0.1, 0.15) is 5.76 Å². The molecule has 0 aromatic heterocycles. The fourth-order valence-electron chi connectivity index (χ4n) is 0.648. The van der Waals surface area contributed by atoms with E-state index in [1.165, 1.54) is 4.90 Å². The van der Waals surface area contributed by atoms with Crippen LogP contribution in [0.5, 0.6) is 0 Å². The Kier molecular flexibility index (Phi) is 4.29. The van der Waals surface area contributed by atoms with E-state index in [9.17, 15) is 4.79 Å². The lowest BCUT2D eigenvalue weighted by Gasteiger charge is -2.15. The number of aliphatic hydroxyl groups is 1. The maximum atomic E-state index is 11.0. The molecule has 0 aromatic carbocycles. The summed E-state index contributed by atoms with van der Waals surface area (Å²) in [5.74, 6) is -0.0698. The van der Waals surface area contributed by atoms with Crippen LogP contribution >= 0.6 is 0 Å². The van der Waals surface area contributed by atoms with Crippen LogP contribution < -0.4 is 5.32 Å². The third-order valence-electron chi connectivity index (χ3n) is 1.17. The van der Waals surface area contributed by atoms with Gasteiger partial charge in [0.2, 0.25) is 5.91 Å². The Bertz CT molecular complexity index is 157. The highest BCUT2D eigenvalue weighted by molar-refractivity contribution is 5.78. The molecule has 0 fully saturated rings. The van der Waals surface area contributed by atoms with E-state index in [0.29, 0.717) is 0 Å². The smallest absolute Gasteiger partial charge is 0.236 e. The summed E-state index contributed by atoms with van der Waals surface area (Å²) in [7, 11) is 3.31. The fraction of sp³-hybridized carbons (Fsp3) is 0.571. The maximum absolute atomic E-state index is 11.0. The molecule has 0 aliphatic heterocycles. The molecule has 0 spiro atoms. The van der Waals surface area contributed by atoms with Crippen molar-refractivity contribution >= 4 is 5.91 Å². The van der Waals surface area contributed by atoms with Crippen LogP contribution in [0, 0.1) is 0 Å². The Morgan fingerprint density at radius 1 is 1.73 bits per heavy atom. The summed E-state index contributed by atoms with van der Waals surface area (Å²) in [6, 6.07) is 0. The summed E-state index contributed by atoms with van der Waals surface area (Å²) in [6.45, 7) is 3.76. The highest BCUT2D eigenvalue weighted by Crippen LogP contribution is 1.89.